The van der Waals surface area contributed by atoms with Gasteiger partial charge in [0.2, 0.25) is 0 Å². The summed E-state index contributed by atoms with van der Waals surface area (Å²) in [6.45, 7) is 6.50. The minimum atomic E-state index is -0.701. The number of hydrogen-bond acceptors (Lipinski definition) is 8. The average molecular weight is 784 g/mol. The second-order valence-corrected chi connectivity index (χ2v) is 12.7. The van der Waals surface area contributed by atoms with Crippen LogP contribution >= 0.6 is 49.9 Å². The first-order chi connectivity index (χ1) is 21.2. The van der Waals surface area contributed by atoms with E-state index in [9.17, 15) is 9.59 Å². The van der Waals surface area contributed by atoms with Crippen molar-refractivity contribution >= 4 is 61.9 Å². The second-order valence-electron chi connectivity index (χ2n) is 9.72. The molecule has 44 heavy (non-hydrogen) atoms. The molecular formula is C33H27BrIN3O5S. The number of ether oxygens (including phenoxy) is 3. The number of hydrogen-bond donors (Lipinski definition) is 0. The van der Waals surface area contributed by atoms with Crippen molar-refractivity contribution < 1.29 is 19.0 Å². The van der Waals surface area contributed by atoms with Crippen molar-refractivity contribution in [3.63, 3.8) is 0 Å². The Balaban J connectivity index is 1.52. The van der Waals surface area contributed by atoms with Gasteiger partial charge in [0.25, 0.3) is 5.56 Å². The molecule has 1 atom stereocenters. The molecule has 2 heterocycles. The van der Waals surface area contributed by atoms with E-state index in [1.807, 2.05) is 61.5 Å². The fourth-order valence-corrected chi connectivity index (χ4v) is 7.62. The maximum Gasteiger partial charge on any atom is 0.338 e. The van der Waals surface area contributed by atoms with Crippen LogP contribution in [-0.2, 0) is 16.1 Å². The SMILES string of the molecule is CCOC(=O)C1=C(C)N=c2s/c(=C\c3cc(Br)c(OCc4ccc(C#N)cc4)c(I)c3)c(=O)n2[C@H]1c1ccc(OCC)cc1. The number of carbonyl (C=O) groups excluding carboxylic acids is 1. The Labute approximate surface area is 280 Å². The number of allylic oxidation sites excluding steroid dienone is 1. The molecule has 0 radical (unpaired) electrons. The van der Waals surface area contributed by atoms with E-state index in [1.54, 1.807) is 30.5 Å². The van der Waals surface area contributed by atoms with E-state index in [0.29, 0.717) is 50.9 Å². The summed E-state index contributed by atoms with van der Waals surface area (Å²) in [7, 11) is 0. The summed E-state index contributed by atoms with van der Waals surface area (Å²) in [6.07, 6.45) is 1.82. The number of nitrogens with zero attached hydrogens (tertiary/aromatic N) is 3. The number of benzene rings is 3. The molecule has 0 fully saturated rings. The van der Waals surface area contributed by atoms with Gasteiger partial charge >= 0.3 is 5.97 Å². The van der Waals surface area contributed by atoms with Gasteiger partial charge in [-0.2, -0.15) is 5.26 Å². The average Bonchev–Trinajstić information content (AvgIpc) is 3.30. The molecule has 0 bridgehead atoms. The molecule has 3 aromatic carbocycles. The summed E-state index contributed by atoms with van der Waals surface area (Å²) in [4.78, 5) is 32.3. The summed E-state index contributed by atoms with van der Waals surface area (Å²) in [5.74, 6) is 0.877. The van der Waals surface area contributed by atoms with Gasteiger partial charge in [-0.05, 0) is 118 Å². The van der Waals surface area contributed by atoms with Crippen LogP contribution in [0.15, 0.2) is 86.2 Å². The molecule has 0 amide bonds. The minimum Gasteiger partial charge on any atom is -0.494 e. The van der Waals surface area contributed by atoms with Crippen molar-refractivity contribution in [2.24, 2.45) is 4.99 Å². The maximum atomic E-state index is 14.0. The van der Waals surface area contributed by atoms with Crippen LogP contribution in [0, 0.1) is 14.9 Å². The highest BCUT2D eigenvalue weighted by molar-refractivity contribution is 14.1. The van der Waals surface area contributed by atoms with Crippen LogP contribution in [0.25, 0.3) is 6.08 Å². The molecule has 224 valence electrons. The Kier molecular flexibility index (Phi) is 10.0. The highest BCUT2D eigenvalue weighted by Crippen LogP contribution is 2.34. The van der Waals surface area contributed by atoms with Crippen LogP contribution in [0.3, 0.4) is 0 Å². The predicted octanol–water partition coefficient (Wildman–Crippen LogP) is 6.01. The Morgan fingerprint density at radius 2 is 1.84 bits per heavy atom. The third-order valence-corrected chi connectivity index (χ3v) is 9.18. The lowest BCUT2D eigenvalue weighted by Crippen LogP contribution is -2.39. The quantitative estimate of drug-likeness (QED) is 0.152. The number of aromatic nitrogens is 1. The number of thiazole rings is 1. The maximum absolute atomic E-state index is 14.0. The number of esters is 1. The molecule has 0 aliphatic carbocycles. The van der Waals surface area contributed by atoms with Gasteiger partial charge < -0.3 is 14.2 Å². The van der Waals surface area contributed by atoms with Crippen molar-refractivity contribution in [1.29, 1.82) is 5.26 Å². The van der Waals surface area contributed by atoms with Gasteiger partial charge in [0.05, 0.1) is 54.7 Å². The van der Waals surface area contributed by atoms with Crippen molar-refractivity contribution in [1.82, 2.24) is 4.57 Å². The third kappa shape index (κ3) is 6.67. The van der Waals surface area contributed by atoms with Crippen molar-refractivity contribution in [3.05, 3.63) is 122 Å². The molecule has 0 saturated carbocycles. The molecule has 0 spiro atoms. The molecule has 1 aromatic heterocycles. The summed E-state index contributed by atoms with van der Waals surface area (Å²) < 4.78 is 20.7. The van der Waals surface area contributed by atoms with E-state index in [0.717, 1.165) is 24.7 Å². The van der Waals surface area contributed by atoms with Gasteiger partial charge in [-0.15, -0.1) is 0 Å². The topological polar surface area (TPSA) is 103 Å². The van der Waals surface area contributed by atoms with Crippen LogP contribution in [-0.4, -0.2) is 23.8 Å². The fourth-order valence-electron chi connectivity index (χ4n) is 4.80. The largest absolute Gasteiger partial charge is 0.494 e. The van der Waals surface area contributed by atoms with E-state index in [-0.39, 0.29) is 12.2 Å². The zero-order chi connectivity index (χ0) is 31.4. The van der Waals surface area contributed by atoms with Crippen LogP contribution in [0.5, 0.6) is 11.5 Å². The number of carbonyl (C=O) groups is 1. The molecule has 1 aliphatic rings. The van der Waals surface area contributed by atoms with Gasteiger partial charge in [-0.1, -0.05) is 35.6 Å². The summed E-state index contributed by atoms with van der Waals surface area (Å²) in [6, 6.07) is 19.9. The Morgan fingerprint density at radius 1 is 1.11 bits per heavy atom. The standard InChI is InChI=1S/C33H27BrIN3O5S/c1-4-41-24-12-10-23(11-13-24)29-28(32(40)42-5-2)19(3)37-33-38(29)31(39)27(44-33)16-22-14-25(34)30(26(35)15-22)43-18-21-8-6-20(17-36)7-9-21/h6-16,29H,4-5,18H2,1-3H3/b27-16-/t29-/m0/s1. The van der Waals surface area contributed by atoms with E-state index in [4.69, 9.17) is 19.5 Å². The van der Waals surface area contributed by atoms with Gasteiger partial charge in [0.15, 0.2) is 4.80 Å². The monoisotopic (exact) mass is 783 g/mol. The number of rotatable bonds is 9. The lowest BCUT2D eigenvalue weighted by Gasteiger charge is -2.24. The zero-order valence-corrected chi connectivity index (χ0v) is 28.7. The number of nitriles is 1. The molecule has 4 aromatic rings. The van der Waals surface area contributed by atoms with Crippen LogP contribution in [0.4, 0.5) is 0 Å². The molecule has 8 nitrogen and oxygen atoms in total. The van der Waals surface area contributed by atoms with E-state index in [2.05, 4.69) is 49.6 Å². The van der Waals surface area contributed by atoms with E-state index >= 15 is 0 Å². The lowest BCUT2D eigenvalue weighted by atomic mass is 9.96. The molecule has 11 heteroatoms. The Hall–Kier alpha value is -3.73. The third-order valence-electron chi connectivity index (χ3n) is 6.81. The minimum absolute atomic E-state index is 0.205. The van der Waals surface area contributed by atoms with Crippen molar-refractivity contribution in [2.75, 3.05) is 13.2 Å². The summed E-state index contributed by atoms with van der Waals surface area (Å²) in [5, 5.41) is 9.02. The van der Waals surface area contributed by atoms with E-state index in [1.165, 1.54) is 11.3 Å². The fraction of sp³-hybridized carbons (Fsp3) is 0.212. The van der Waals surface area contributed by atoms with Crippen molar-refractivity contribution in [2.45, 2.75) is 33.4 Å². The molecule has 0 N–H and O–H groups in total. The van der Waals surface area contributed by atoms with Crippen molar-refractivity contribution in [3.8, 4) is 17.6 Å². The Bertz CT molecular complexity index is 1950. The van der Waals surface area contributed by atoms with Crippen LogP contribution in [0.1, 0.15) is 49.1 Å². The number of fused-ring (bicyclic) bond motifs is 1. The smallest absolute Gasteiger partial charge is 0.338 e. The molecular weight excluding hydrogens is 757 g/mol. The summed E-state index contributed by atoms with van der Waals surface area (Å²) in [5.41, 5.74) is 3.67. The molecule has 5 rings (SSSR count). The first kappa shape index (κ1) is 31.7. The van der Waals surface area contributed by atoms with Gasteiger partial charge in [-0.3, -0.25) is 9.36 Å². The lowest BCUT2D eigenvalue weighted by molar-refractivity contribution is -0.139. The first-order valence-electron chi connectivity index (χ1n) is 13.8. The van der Waals surface area contributed by atoms with Gasteiger partial charge in [0.1, 0.15) is 18.1 Å². The van der Waals surface area contributed by atoms with E-state index < -0.39 is 12.0 Å². The normalized spacial score (nSPS) is 14.5. The first-order valence-corrected chi connectivity index (χ1v) is 16.5. The van der Waals surface area contributed by atoms with Crippen LogP contribution < -0.4 is 24.4 Å². The predicted molar refractivity (Wildman–Crippen MR) is 180 cm³/mol. The highest BCUT2D eigenvalue weighted by atomic mass is 127. The second kappa shape index (κ2) is 13.9. The molecule has 1 aliphatic heterocycles. The zero-order valence-electron chi connectivity index (χ0n) is 24.1. The Morgan fingerprint density at radius 3 is 2.48 bits per heavy atom. The van der Waals surface area contributed by atoms with Gasteiger partial charge in [0, 0.05) is 0 Å². The highest BCUT2D eigenvalue weighted by Gasteiger charge is 2.33. The van der Waals surface area contributed by atoms with Gasteiger partial charge in [-0.25, -0.2) is 9.79 Å². The molecule has 0 saturated heterocycles. The summed E-state index contributed by atoms with van der Waals surface area (Å²) >= 11 is 7.10. The number of halogens is 2. The molecule has 0 unspecified atom stereocenters. The van der Waals surface area contributed by atoms with Crippen LogP contribution in [0.2, 0.25) is 0 Å².